The predicted octanol–water partition coefficient (Wildman–Crippen LogP) is 5.03. The minimum absolute atomic E-state index is 0.517. The normalized spacial score (nSPS) is 11.3. The summed E-state index contributed by atoms with van der Waals surface area (Å²) in [6.07, 6.45) is 0. The Hall–Kier alpha value is -0.680. The average molecular weight is 368 g/mol. The Morgan fingerprint density at radius 3 is 2.76 bits per heavy atom. The molecule has 0 bridgehead atoms. The molecular weight excluding hydrogens is 346 g/mol. The molecule has 1 heterocycles. The predicted molar refractivity (Wildman–Crippen MR) is 93.7 cm³/mol. The molecule has 0 unspecified atom stereocenters. The molecule has 2 rings (SSSR count). The van der Waals surface area contributed by atoms with Crippen LogP contribution in [-0.2, 0) is 24.5 Å². The van der Waals surface area contributed by atoms with Gasteiger partial charge in [0.2, 0.25) is 0 Å². The highest BCUT2D eigenvalue weighted by Crippen LogP contribution is 2.23. The van der Waals surface area contributed by atoms with Crippen LogP contribution in [0.25, 0.3) is 0 Å². The second-order valence-corrected chi connectivity index (χ2v) is 7.71. The Balaban J connectivity index is 1.85. The molecule has 0 aliphatic rings. The van der Waals surface area contributed by atoms with Crippen LogP contribution in [0.15, 0.2) is 34.8 Å². The van der Waals surface area contributed by atoms with Gasteiger partial charge in [0.15, 0.2) is 0 Å². The lowest BCUT2D eigenvalue weighted by Crippen LogP contribution is -2.21. The van der Waals surface area contributed by atoms with Crippen LogP contribution in [-0.4, -0.2) is 6.04 Å². The second kappa shape index (κ2) is 8.08. The van der Waals surface area contributed by atoms with Crippen LogP contribution < -0.4 is 5.32 Å². The van der Waals surface area contributed by atoms with Crippen molar-refractivity contribution < 1.29 is 4.74 Å². The zero-order chi connectivity index (χ0) is 15.2. The van der Waals surface area contributed by atoms with Gasteiger partial charge in [0, 0.05) is 26.8 Å². The van der Waals surface area contributed by atoms with E-state index in [0.29, 0.717) is 19.3 Å². The molecule has 1 N–H and O–H groups in total. The van der Waals surface area contributed by atoms with Gasteiger partial charge in [-0.3, -0.25) is 0 Å². The number of benzene rings is 1. The van der Waals surface area contributed by atoms with Crippen LogP contribution in [0.3, 0.4) is 0 Å². The largest absolute Gasteiger partial charge is 0.372 e. The summed E-state index contributed by atoms with van der Waals surface area (Å²) in [5.74, 6) is 0. The summed E-state index contributed by atoms with van der Waals surface area (Å²) in [5.41, 5.74) is 2.49. The van der Waals surface area contributed by atoms with Crippen LogP contribution in [0.5, 0.6) is 0 Å². The van der Waals surface area contributed by atoms with E-state index in [4.69, 9.17) is 4.74 Å². The number of rotatable bonds is 7. The van der Waals surface area contributed by atoms with Crippen molar-refractivity contribution in [2.24, 2.45) is 0 Å². The quantitative estimate of drug-likeness (QED) is 0.740. The van der Waals surface area contributed by atoms with Crippen molar-refractivity contribution in [3.8, 4) is 0 Å². The number of ether oxygens (including phenoxy) is 1. The summed E-state index contributed by atoms with van der Waals surface area (Å²) >= 11 is 5.34. The highest BCUT2D eigenvalue weighted by molar-refractivity contribution is 9.10. The molecule has 0 atom stereocenters. The molecule has 0 aliphatic heterocycles. The van der Waals surface area contributed by atoms with E-state index in [9.17, 15) is 0 Å². The third kappa shape index (κ3) is 5.55. The molecule has 1 aromatic carbocycles. The summed E-state index contributed by atoms with van der Waals surface area (Å²) in [6, 6.07) is 11.0. The lowest BCUT2D eigenvalue weighted by Gasteiger charge is -2.05. The summed E-state index contributed by atoms with van der Waals surface area (Å²) in [4.78, 5) is 2.73. The van der Waals surface area contributed by atoms with Crippen molar-refractivity contribution in [3.05, 3.63) is 55.7 Å². The van der Waals surface area contributed by atoms with Crippen molar-refractivity contribution in [2.45, 2.75) is 46.6 Å². The first-order chi connectivity index (χ1) is 10.0. The molecule has 21 heavy (non-hydrogen) atoms. The lowest BCUT2D eigenvalue weighted by atomic mass is 10.2. The van der Waals surface area contributed by atoms with Crippen molar-refractivity contribution >= 4 is 27.3 Å². The maximum absolute atomic E-state index is 5.85. The Kier molecular flexibility index (Phi) is 6.42. The SMILES string of the molecule is Cc1sc(CNC(C)C)cc1COCc1cccc(Br)c1. The Morgan fingerprint density at radius 2 is 2.05 bits per heavy atom. The van der Waals surface area contributed by atoms with E-state index in [-0.39, 0.29) is 0 Å². The van der Waals surface area contributed by atoms with Gasteiger partial charge in [-0.15, -0.1) is 11.3 Å². The van der Waals surface area contributed by atoms with E-state index in [1.165, 1.54) is 20.9 Å². The second-order valence-electron chi connectivity index (χ2n) is 5.45. The van der Waals surface area contributed by atoms with E-state index < -0.39 is 0 Å². The van der Waals surface area contributed by atoms with Crippen LogP contribution in [0, 0.1) is 6.92 Å². The fourth-order valence-corrected chi connectivity index (χ4v) is 3.47. The average Bonchev–Trinajstić information content (AvgIpc) is 2.77. The topological polar surface area (TPSA) is 21.3 Å². The standard InChI is InChI=1S/C17H22BrNOS/c1-12(2)19-9-17-8-15(13(3)21-17)11-20-10-14-5-4-6-16(18)7-14/h4-8,12,19H,9-11H2,1-3H3. The van der Waals surface area contributed by atoms with Gasteiger partial charge >= 0.3 is 0 Å². The summed E-state index contributed by atoms with van der Waals surface area (Å²) in [6.45, 7) is 8.77. The molecule has 0 saturated carbocycles. The highest BCUT2D eigenvalue weighted by Gasteiger charge is 2.06. The number of hydrogen-bond donors (Lipinski definition) is 1. The van der Waals surface area contributed by atoms with Crippen LogP contribution in [0.2, 0.25) is 0 Å². The maximum Gasteiger partial charge on any atom is 0.0732 e. The van der Waals surface area contributed by atoms with Gasteiger partial charge in [0.05, 0.1) is 13.2 Å². The summed E-state index contributed by atoms with van der Waals surface area (Å²) in [5, 5.41) is 3.45. The molecule has 0 aliphatic carbocycles. The van der Waals surface area contributed by atoms with Gasteiger partial charge in [-0.1, -0.05) is 41.9 Å². The van der Waals surface area contributed by atoms with Gasteiger partial charge in [-0.25, -0.2) is 0 Å². The zero-order valence-corrected chi connectivity index (χ0v) is 15.2. The molecule has 2 aromatic rings. The van der Waals surface area contributed by atoms with E-state index in [1.807, 2.05) is 23.5 Å². The van der Waals surface area contributed by atoms with Gasteiger partial charge in [-0.05, 0) is 36.2 Å². The van der Waals surface area contributed by atoms with Crippen molar-refractivity contribution in [2.75, 3.05) is 0 Å². The molecule has 0 spiro atoms. The maximum atomic E-state index is 5.85. The van der Waals surface area contributed by atoms with Crippen molar-refractivity contribution in [3.63, 3.8) is 0 Å². The molecule has 0 saturated heterocycles. The zero-order valence-electron chi connectivity index (χ0n) is 12.8. The van der Waals surface area contributed by atoms with Gasteiger partial charge < -0.3 is 10.1 Å². The monoisotopic (exact) mass is 367 g/mol. The van der Waals surface area contributed by atoms with Gasteiger partial charge in [-0.2, -0.15) is 0 Å². The third-order valence-electron chi connectivity index (χ3n) is 3.17. The van der Waals surface area contributed by atoms with Crippen LogP contribution >= 0.6 is 27.3 Å². The number of halogens is 1. The number of thiophene rings is 1. The Morgan fingerprint density at radius 1 is 1.24 bits per heavy atom. The fraction of sp³-hybridized carbons (Fsp3) is 0.412. The molecule has 0 amide bonds. The fourth-order valence-electron chi connectivity index (χ4n) is 2.03. The van der Waals surface area contributed by atoms with E-state index in [1.54, 1.807) is 0 Å². The van der Waals surface area contributed by atoms with Crippen molar-refractivity contribution in [1.29, 1.82) is 0 Å². The van der Waals surface area contributed by atoms with E-state index in [2.05, 4.69) is 60.2 Å². The first kappa shape index (κ1) is 16.7. The van der Waals surface area contributed by atoms with Crippen LogP contribution in [0.1, 0.15) is 34.7 Å². The van der Waals surface area contributed by atoms with E-state index >= 15 is 0 Å². The Labute approximate surface area is 139 Å². The number of nitrogens with one attached hydrogen (secondary N) is 1. The highest BCUT2D eigenvalue weighted by atomic mass is 79.9. The summed E-state index contributed by atoms with van der Waals surface area (Å²) < 4.78 is 6.94. The smallest absolute Gasteiger partial charge is 0.0732 e. The first-order valence-electron chi connectivity index (χ1n) is 7.18. The van der Waals surface area contributed by atoms with Crippen LogP contribution in [0.4, 0.5) is 0 Å². The number of hydrogen-bond acceptors (Lipinski definition) is 3. The molecule has 0 fully saturated rings. The Bertz CT molecular complexity index is 580. The summed E-state index contributed by atoms with van der Waals surface area (Å²) in [7, 11) is 0. The molecule has 4 heteroatoms. The van der Waals surface area contributed by atoms with Gasteiger partial charge in [0.1, 0.15) is 0 Å². The molecular formula is C17H22BrNOS. The minimum Gasteiger partial charge on any atom is -0.372 e. The lowest BCUT2D eigenvalue weighted by molar-refractivity contribution is 0.107. The molecule has 1 aromatic heterocycles. The molecule has 0 radical (unpaired) electrons. The van der Waals surface area contributed by atoms with Gasteiger partial charge in [0.25, 0.3) is 0 Å². The van der Waals surface area contributed by atoms with E-state index in [0.717, 1.165) is 11.0 Å². The van der Waals surface area contributed by atoms with Crippen molar-refractivity contribution in [1.82, 2.24) is 5.32 Å². The third-order valence-corrected chi connectivity index (χ3v) is 4.76. The minimum atomic E-state index is 0.517. The number of aryl methyl sites for hydroxylation is 1. The molecule has 2 nitrogen and oxygen atoms in total. The molecule has 114 valence electrons. The first-order valence-corrected chi connectivity index (χ1v) is 8.79.